The largest absolute Gasteiger partial charge is 0.396 e. The first-order chi connectivity index (χ1) is 8.29. The van der Waals surface area contributed by atoms with Crippen molar-refractivity contribution in [1.29, 1.82) is 0 Å². The molecule has 4 nitrogen and oxygen atoms in total. The number of hydrogen-bond donors (Lipinski definition) is 1. The lowest BCUT2D eigenvalue weighted by atomic mass is 10.1. The minimum absolute atomic E-state index is 0.130. The second-order valence-electron chi connectivity index (χ2n) is 3.60. The van der Waals surface area contributed by atoms with Gasteiger partial charge in [-0.05, 0) is 18.6 Å². The molecule has 0 atom stereocenters. The summed E-state index contributed by atoms with van der Waals surface area (Å²) in [5.41, 5.74) is 1.66. The zero-order valence-corrected chi connectivity index (χ0v) is 9.93. The van der Waals surface area contributed by atoms with Gasteiger partial charge in [-0.2, -0.15) is 5.10 Å². The van der Waals surface area contributed by atoms with Crippen LogP contribution in [0.3, 0.4) is 0 Å². The van der Waals surface area contributed by atoms with Crippen LogP contribution in [0.4, 0.5) is 0 Å². The first-order valence-corrected chi connectivity index (χ1v) is 5.73. The van der Waals surface area contributed by atoms with Gasteiger partial charge < -0.3 is 5.11 Å². The molecule has 1 N–H and O–H groups in total. The Morgan fingerprint density at radius 2 is 2.18 bits per heavy atom. The molecule has 0 spiro atoms. The number of nitrogens with zero attached hydrogens (tertiary/aromatic N) is 3. The first kappa shape index (κ1) is 12.0. The van der Waals surface area contributed by atoms with Crippen molar-refractivity contribution < 1.29 is 5.11 Å². The highest BCUT2D eigenvalue weighted by Crippen LogP contribution is 2.19. The average molecular weight is 250 g/mol. The lowest BCUT2D eigenvalue weighted by Gasteiger charge is -2.02. The zero-order valence-electron chi connectivity index (χ0n) is 9.17. The third-order valence-electron chi connectivity index (χ3n) is 2.28. The molecule has 0 aliphatic carbocycles. The van der Waals surface area contributed by atoms with Gasteiger partial charge in [0.1, 0.15) is 0 Å². The Hall–Kier alpha value is -1.52. The maximum Gasteiger partial charge on any atom is 0.151 e. The van der Waals surface area contributed by atoms with E-state index < -0.39 is 0 Å². The Morgan fingerprint density at radius 3 is 2.94 bits per heavy atom. The Balaban J connectivity index is 2.26. The molecule has 1 aromatic carbocycles. The molecule has 0 bridgehead atoms. The van der Waals surface area contributed by atoms with Crippen molar-refractivity contribution in [2.45, 2.75) is 12.8 Å². The molecule has 0 saturated carbocycles. The molecule has 2 rings (SSSR count). The number of benzene rings is 1. The third kappa shape index (κ3) is 3.22. The Labute approximate surface area is 104 Å². The third-order valence-corrected chi connectivity index (χ3v) is 2.52. The molecule has 0 aliphatic heterocycles. The molecule has 0 amide bonds. The number of aliphatic hydroxyl groups is 1. The van der Waals surface area contributed by atoms with Crippen LogP contribution in [0, 0.1) is 0 Å². The van der Waals surface area contributed by atoms with E-state index in [4.69, 9.17) is 16.7 Å². The SMILES string of the molecule is OCCCc1nncc(-c2cccc(Cl)c2)n1. The van der Waals surface area contributed by atoms with Crippen molar-refractivity contribution in [3.63, 3.8) is 0 Å². The van der Waals surface area contributed by atoms with Gasteiger partial charge in [-0.25, -0.2) is 4.98 Å². The van der Waals surface area contributed by atoms with E-state index in [0.29, 0.717) is 23.7 Å². The number of halogens is 1. The molecular weight excluding hydrogens is 238 g/mol. The normalized spacial score (nSPS) is 10.5. The quantitative estimate of drug-likeness (QED) is 0.902. The lowest BCUT2D eigenvalue weighted by molar-refractivity contribution is 0.287. The Morgan fingerprint density at radius 1 is 1.29 bits per heavy atom. The predicted octanol–water partition coefficient (Wildman–Crippen LogP) is 2.12. The van der Waals surface area contributed by atoms with Crippen LogP contribution in [0.25, 0.3) is 11.3 Å². The summed E-state index contributed by atoms with van der Waals surface area (Å²) in [6.45, 7) is 0.130. The summed E-state index contributed by atoms with van der Waals surface area (Å²) in [6.07, 6.45) is 2.87. The van der Waals surface area contributed by atoms with Crippen molar-refractivity contribution in [2.24, 2.45) is 0 Å². The highest BCUT2D eigenvalue weighted by molar-refractivity contribution is 6.30. The topological polar surface area (TPSA) is 58.9 Å². The molecular formula is C12H12ClN3O. The van der Waals surface area contributed by atoms with E-state index in [1.165, 1.54) is 0 Å². The summed E-state index contributed by atoms with van der Waals surface area (Å²) in [4.78, 5) is 4.38. The highest BCUT2D eigenvalue weighted by atomic mass is 35.5. The van der Waals surface area contributed by atoms with Gasteiger partial charge in [-0.15, -0.1) is 5.10 Å². The predicted molar refractivity (Wildman–Crippen MR) is 65.7 cm³/mol. The number of aliphatic hydroxyl groups excluding tert-OH is 1. The van der Waals surface area contributed by atoms with Crippen molar-refractivity contribution in [3.05, 3.63) is 41.3 Å². The van der Waals surface area contributed by atoms with Gasteiger partial charge in [-0.3, -0.25) is 0 Å². The Kier molecular flexibility index (Phi) is 4.01. The summed E-state index contributed by atoms with van der Waals surface area (Å²) in [5, 5.41) is 17.2. The summed E-state index contributed by atoms with van der Waals surface area (Å²) in [5.74, 6) is 0.636. The summed E-state index contributed by atoms with van der Waals surface area (Å²) >= 11 is 5.92. The highest BCUT2D eigenvalue weighted by Gasteiger charge is 2.03. The lowest BCUT2D eigenvalue weighted by Crippen LogP contribution is -2.00. The van der Waals surface area contributed by atoms with Gasteiger partial charge in [0.15, 0.2) is 5.82 Å². The monoisotopic (exact) mass is 249 g/mol. The summed E-state index contributed by atoms with van der Waals surface area (Å²) in [7, 11) is 0. The minimum atomic E-state index is 0.130. The number of aromatic nitrogens is 3. The standard InChI is InChI=1S/C12H12ClN3O/c13-10-4-1-3-9(7-10)11-8-14-16-12(15-11)5-2-6-17/h1,3-4,7-8,17H,2,5-6H2. The van der Waals surface area contributed by atoms with Gasteiger partial charge >= 0.3 is 0 Å². The summed E-state index contributed by atoms with van der Waals surface area (Å²) < 4.78 is 0. The van der Waals surface area contributed by atoms with Crippen LogP contribution in [0.15, 0.2) is 30.5 Å². The molecule has 0 aliphatic rings. The van der Waals surface area contributed by atoms with E-state index in [1.54, 1.807) is 6.20 Å². The molecule has 17 heavy (non-hydrogen) atoms. The molecule has 0 unspecified atom stereocenters. The fourth-order valence-electron chi connectivity index (χ4n) is 1.47. The van der Waals surface area contributed by atoms with Crippen LogP contribution in [0.1, 0.15) is 12.2 Å². The van der Waals surface area contributed by atoms with E-state index in [0.717, 1.165) is 11.3 Å². The number of hydrogen-bond acceptors (Lipinski definition) is 4. The van der Waals surface area contributed by atoms with E-state index in [-0.39, 0.29) is 6.61 Å². The van der Waals surface area contributed by atoms with E-state index in [2.05, 4.69) is 15.2 Å². The molecule has 0 fully saturated rings. The molecule has 0 saturated heterocycles. The van der Waals surface area contributed by atoms with Crippen LogP contribution < -0.4 is 0 Å². The van der Waals surface area contributed by atoms with Gasteiger partial charge in [0, 0.05) is 23.6 Å². The second kappa shape index (κ2) is 5.70. The van der Waals surface area contributed by atoms with Crippen LogP contribution in [-0.4, -0.2) is 26.9 Å². The van der Waals surface area contributed by atoms with Crippen LogP contribution in [0.2, 0.25) is 5.02 Å². The molecule has 1 aromatic heterocycles. The first-order valence-electron chi connectivity index (χ1n) is 5.35. The van der Waals surface area contributed by atoms with Crippen LogP contribution in [0.5, 0.6) is 0 Å². The van der Waals surface area contributed by atoms with E-state index >= 15 is 0 Å². The van der Waals surface area contributed by atoms with Gasteiger partial charge in [0.05, 0.1) is 11.9 Å². The molecule has 1 heterocycles. The molecule has 2 aromatic rings. The fraction of sp³-hybridized carbons (Fsp3) is 0.250. The molecule has 0 radical (unpaired) electrons. The maximum atomic E-state index is 8.76. The van der Waals surface area contributed by atoms with Gasteiger partial charge in [-0.1, -0.05) is 23.7 Å². The fourth-order valence-corrected chi connectivity index (χ4v) is 1.66. The van der Waals surface area contributed by atoms with Gasteiger partial charge in [0.2, 0.25) is 0 Å². The second-order valence-corrected chi connectivity index (χ2v) is 4.03. The maximum absolute atomic E-state index is 8.76. The zero-order chi connectivity index (χ0) is 12.1. The van der Waals surface area contributed by atoms with Crippen molar-refractivity contribution in [2.75, 3.05) is 6.61 Å². The van der Waals surface area contributed by atoms with E-state index in [9.17, 15) is 0 Å². The van der Waals surface area contributed by atoms with Crippen molar-refractivity contribution in [3.8, 4) is 11.3 Å². The van der Waals surface area contributed by atoms with Crippen LogP contribution >= 0.6 is 11.6 Å². The Bertz CT molecular complexity index is 505. The minimum Gasteiger partial charge on any atom is -0.396 e. The van der Waals surface area contributed by atoms with Crippen molar-refractivity contribution >= 4 is 11.6 Å². The van der Waals surface area contributed by atoms with E-state index in [1.807, 2.05) is 24.3 Å². The smallest absolute Gasteiger partial charge is 0.151 e. The number of aryl methyl sites for hydroxylation is 1. The summed E-state index contributed by atoms with van der Waals surface area (Å²) in [6, 6.07) is 7.44. The van der Waals surface area contributed by atoms with Gasteiger partial charge in [0.25, 0.3) is 0 Å². The average Bonchev–Trinajstić information content (AvgIpc) is 2.37. The molecule has 88 valence electrons. The van der Waals surface area contributed by atoms with Crippen LogP contribution in [-0.2, 0) is 6.42 Å². The molecule has 5 heteroatoms. The number of rotatable bonds is 4. The van der Waals surface area contributed by atoms with Crippen molar-refractivity contribution in [1.82, 2.24) is 15.2 Å².